The summed E-state index contributed by atoms with van der Waals surface area (Å²) in [5.41, 5.74) is -3.02. The molecule has 29 heavy (non-hydrogen) atoms. The van der Waals surface area contributed by atoms with Crippen molar-refractivity contribution in [2.45, 2.75) is 17.2 Å². The molecule has 0 atom stereocenters. The van der Waals surface area contributed by atoms with E-state index in [9.17, 15) is 30.7 Å². The first-order valence-electron chi connectivity index (χ1n) is 7.97. The molecule has 2 aromatic carbocycles. The summed E-state index contributed by atoms with van der Waals surface area (Å²) < 4.78 is 93.9. The predicted molar refractivity (Wildman–Crippen MR) is 94.6 cm³/mol. The minimum Gasteiger partial charge on any atom is -0.224 e. The molecule has 1 heterocycles. The van der Waals surface area contributed by atoms with Crippen LogP contribution in [0.5, 0.6) is 0 Å². The third kappa shape index (κ3) is 4.52. The summed E-state index contributed by atoms with van der Waals surface area (Å²) >= 11 is 1.35. The highest BCUT2D eigenvalue weighted by atomic mass is 32.2. The van der Waals surface area contributed by atoms with E-state index in [-0.39, 0.29) is 11.1 Å². The van der Waals surface area contributed by atoms with Gasteiger partial charge in [-0.05, 0) is 48.2 Å². The SMILES string of the molecule is CSc1ccc(-c2c(-c3ccc(F)cc3)nc(C(F)(F)F)nc2C(F)(F)F)cc1. The summed E-state index contributed by atoms with van der Waals surface area (Å²) in [5.74, 6) is -2.62. The van der Waals surface area contributed by atoms with Crippen molar-refractivity contribution in [1.82, 2.24) is 9.97 Å². The molecule has 0 aliphatic rings. The zero-order valence-corrected chi connectivity index (χ0v) is 15.4. The number of alkyl halides is 6. The van der Waals surface area contributed by atoms with E-state index in [1.807, 2.05) is 0 Å². The Morgan fingerprint density at radius 1 is 0.724 bits per heavy atom. The van der Waals surface area contributed by atoms with Gasteiger partial charge in [0.2, 0.25) is 5.82 Å². The molecule has 0 aliphatic carbocycles. The molecular weight excluding hydrogens is 421 g/mol. The van der Waals surface area contributed by atoms with Crippen LogP contribution in [0.25, 0.3) is 22.4 Å². The van der Waals surface area contributed by atoms with E-state index in [0.29, 0.717) is 0 Å². The van der Waals surface area contributed by atoms with E-state index in [1.165, 1.54) is 36.0 Å². The fourth-order valence-corrected chi connectivity index (χ4v) is 3.05. The molecule has 0 saturated heterocycles. The monoisotopic (exact) mass is 432 g/mol. The molecular formula is C19H11F7N2S. The van der Waals surface area contributed by atoms with Crippen LogP contribution in [0.4, 0.5) is 30.7 Å². The van der Waals surface area contributed by atoms with Gasteiger partial charge in [-0.15, -0.1) is 11.8 Å². The topological polar surface area (TPSA) is 25.8 Å². The Labute approximate surface area is 164 Å². The molecule has 0 bridgehead atoms. The van der Waals surface area contributed by atoms with Crippen molar-refractivity contribution in [3.63, 3.8) is 0 Å². The van der Waals surface area contributed by atoms with Gasteiger partial charge in [0.05, 0.1) is 5.69 Å². The van der Waals surface area contributed by atoms with Gasteiger partial charge in [-0.3, -0.25) is 0 Å². The lowest BCUT2D eigenvalue weighted by atomic mass is 9.97. The van der Waals surface area contributed by atoms with Gasteiger partial charge in [-0.1, -0.05) is 12.1 Å². The van der Waals surface area contributed by atoms with Crippen LogP contribution < -0.4 is 0 Å². The van der Waals surface area contributed by atoms with Gasteiger partial charge in [-0.2, -0.15) is 26.3 Å². The first-order chi connectivity index (χ1) is 13.5. The normalized spacial score (nSPS) is 12.3. The maximum absolute atomic E-state index is 13.7. The Balaban J connectivity index is 2.39. The average molecular weight is 432 g/mol. The van der Waals surface area contributed by atoms with E-state index in [4.69, 9.17) is 0 Å². The lowest BCUT2D eigenvalue weighted by molar-refractivity contribution is -0.152. The molecule has 0 unspecified atom stereocenters. The molecule has 2 nitrogen and oxygen atoms in total. The van der Waals surface area contributed by atoms with Crippen molar-refractivity contribution < 1.29 is 30.7 Å². The molecule has 0 saturated carbocycles. The second-order valence-corrected chi connectivity index (χ2v) is 6.73. The summed E-state index contributed by atoms with van der Waals surface area (Å²) in [6.45, 7) is 0. The van der Waals surface area contributed by atoms with Crippen molar-refractivity contribution >= 4 is 11.8 Å². The molecule has 1 aromatic heterocycles. The minimum absolute atomic E-state index is 0.0109. The Morgan fingerprint density at radius 3 is 1.76 bits per heavy atom. The van der Waals surface area contributed by atoms with Crippen LogP contribution in [0.15, 0.2) is 53.4 Å². The first kappa shape index (κ1) is 21.1. The van der Waals surface area contributed by atoms with E-state index >= 15 is 0 Å². The van der Waals surface area contributed by atoms with E-state index in [1.54, 1.807) is 6.26 Å². The summed E-state index contributed by atoms with van der Waals surface area (Å²) in [6, 6.07) is 9.76. The molecule has 0 radical (unpaired) electrons. The quantitative estimate of drug-likeness (QED) is 0.340. The number of hydrogen-bond acceptors (Lipinski definition) is 3. The predicted octanol–water partition coefficient (Wildman–Crippen LogP) is 6.71. The van der Waals surface area contributed by atoms with Crippen molar-refractivity contribution in [2.24, 2.45) is 0 Å². The number of rotatable bonds is 3. The smallest absolute Gasteiger partial charge is 0.224 e. The van der Waals surface area contributed by atoms with Gasteiger partial charge in [0.15, 0.2) is 5.69 Å². The zero-order valence-electron chi connectivity index (χ0n) is 14.6. The molecule has 3 rings (SSSR count). The highest BCUT2D eigenvalue weighted by Crippen LogP contribution is 2.43. The van der Waals surface area contributed by atoms with Crippen LogP contribution >= 0.6 is 11.8 Å². The highest BCUT2D eigenvalue weighted by molar-refractivity contribution is 7.98. The Hall–Kier alpha value is -2.62. The maximum Gasteiger partial charge on any atom is 0.451 e. The summed E-state index contributed by atoms with van der Waals surface area (Å²) in [6.07, 6.45) is -8.61. The van der Waals surface area contributed by atoms with Gasteiger partial charge < -0.3 is 0 Å². The summed E-state index contributed by atoms with van der Waals surface area (Å²) in [5, 5.41) is 0. The number of thioether (sulfide) groups is 1. The van der Waals surface area contributed by atoms with Gasteiger partial charge in [-0.25, -0.2) is 14.4 Å². The Bertz CT molecular complexity index is 1010. The standard InChI is InChI=1S/C19H11F7N2S/c1-29-13-8-4-10(5-9-13)14-15(11-2-6-12(20)7-3-11)27-17(19(24,25)26)28-16(14)18(21,22)23/h2-9H,1H3. The van der Waals surface area contributed by atoms with Gasteiger partial charge in [0.25, 0.3) is 0 Å². The van der Waals surface area contributed by atoms with Crippen LogP contribution in [-0.2, 0) is 12.4 Å². The number of halogens is 7. The van der Waals surface area contributed by atoms with E-state index < -0.39 is 40.9 Å². The second-order valence-electron chi connectivity index (χ2n) is 5.85. The minimum atomic E-state index is -5.20. The van der Waals surface area contributed by atoms with Crippen molar-refractivity contribution in [2.75, 3.05) is 6.26 Å². The Morgan fingerprint density at radius 2 is 1.28 bits per heavy atom. The van der Waals surface area contributed by atoms with Crippen molar-refractivity contribution in [3.05, 3.63) is 65.9 Å². The van der Waals surface area contributed by atoms with Crippen LogP contribution in [0, 0.1) is 5.82 Å². The third-order valence-electron chi connectivity index (χ3n) is 3.93. The fourth-order valence-electron chi connectivity index (χ4n) is 2.64. The van der Waals surface area contributed by atoms with Gasteiger partial charge in [0.1, 0.15) is 5.82 Å². The van der Waals surface area contributed by atoms with Crippen LogP contribution in [0.1, 0.15) is 11.5 Å². The second kappa shape index (κ2) is 7.66. The number of nitrogens with zero attached hydrogens (tertiary/aromatic N) is 2. The highest BCUT2D eigenvalue weighted by Gasteiger charge is 2.43. The van der Waals surface area contributed by atoms with Gasteiger partial charge in [0, 0.05) is 16.0 Å². The molecule has 0 N–H and O–H groups in total. The van der Waals surface area contributed by atoms with E-state index in [0.717, 1.165) is 29.2 Å². The average Bonchev–Trinajstić information content (AvgIpc) is 2.66. The molecule has 0 aliphatic heterocycles. The largest absolute Gasteiger partial charge is 0.451 e. The molecule has 0 amide bonds. The molecule has 152 valence electrons. The van der Waals surface area contributed by atoms with Crippen LogP contribution in [0.3, 0.4) is 0 Å². The molecule has 10 heteroatoms. The maximum atomic E-state index is 13.7. The van der Waals surface area contributed by atoms with Crippen LogP contribution in [0.2, 0.25) is 0 Å². The summed E-state index contributed by atoms with van der Waals surface area (Å²) in [7, 11) is 0. The lowest BCUT2D eigenvalue weighted by Crippen LogP contribution is -2.19. The molecule has 0 spiro atoms. The van der Waals surface area contributed by atoms with Crippen molar-refractivity contribution in [3.8, 4) is 22.4 Å². The molecule has 0 fully saturated rings. The zero-order chi connectivity index (χ0) is 21.4. The van der Waals surface area contributed by atoms with Crippen LogP contribution in [-0.4, -0.2) is 16.2 Å². The Kier molecular flexibility index (Phi) is 5.57. The summed E-state index contributed by atoms with van der Waals surface area (Å²) in [4.78, 5) is 6.92. The number of benzene rings is 2. The van der Waals surface area contributed by atoms with Gasteiger partial charge >= 0.3 is 12.4 Å². The first-order valence-corrected chi connectivity index (χ1v) is 9.20. The molecule has 3 aromatic rings. The third-order valence-corrected chi connectivity index (χ3v) is 4.67. The van der Waals surface area contributed by atoms with Crippen molar-refractivity contribution in [1.29, 1.82) is 0 Å². The fraction of sp³-hybridized carbons (Fsp3) is 0.158. The number of aromatic nitrogens is 2. The van der Waals surface area contributed by atoms with E-state index in [2.05, 4.69) is 9.97 Å². The number of hydrogen-bond donors (Lipinski definition) is 0. The lowest BCUT2D eigenvalue weighted by Gasteiger charge is -2.18.